The molecule has 1 aromatic rings. The van der Waals surface area contributed by atoms with E-state index in [1.54, 1.807) is 0 Å². The van der Waals surface area contributed by atoms with Gasteiger partial charge in [0.25, 0.3) is 0 Å². The minimum absolute atomic E-state index is 0.0253. The molecule has 1 spiro atoms. The highest BCUT2D eigenvalue weighted by molar-refractivity contribution is 5.95. The van der Waals surface area contributed by atoms with Crippen molar-refractivity contribution in [2.75, 3.05) is 13.1 Å². The molecule has 1 saturated heterocycles. The molecule has 0 aromatic heterocycles. The predicted octanol–water partition coefficient (Wildman–Crippen LogP) is 2.97. The highest BCUT2D eigenvalue weighted by Gasteiger charge is 2.65. The van der Waals surface area contributed by atoms with E-state index in [0.717, 1.165) is 0 Å². The molecule has 1 aromatic carbocycles. The van der Waals surface area contributed by atoms with E-state index in [9.17, 15) is 18.7 Å². The first kappa shape index (κ1) is 16.7. The molecule has 0 aliphatic carbocycles. The molecule has 1 unspecified atom stereocenters. The number of likely N-dealkylation sites (tertiary alicyclic amines) is 1. The van der Waals surface area contributed by atoms with Crippen LogP contribution in [0.1, 0.15) is 61.4 Å². The predicted molar refractivity (Wildman–Crippen MR) is 84.6 cm³/mol. The number of hydrogen-bond donors (Lipinski definition) is 1. The van der Waals surface area contributed by atoms with Crippen molar-refractivity contribution < 1.29 is 28.2 Å². The summed E-state index contributed by atoms with van der Waals surface area (Å²) in [7, 11) is 0. The molecule has 3 heterocycles. The van der Waals surface area contributed by atoms with Gasteiger partial charge in [0.1, 0.15) is 11.2 Å². The number of rotatable bonds is 0. The van der Waals surface area contributed by atoms with Gasteiger partial charge in [-0.3, -0.25) is 4.90 Å². The van der Waals surface area contributed by atoms with Gasteiger partial charge < -0.3 is 14.6 Å². The standard InChI is InChI=1S/C18H21F2NO4/c1-16(2,3)21-8-6-17(7-9-21)11-5-4-10-12(15(23)24-14(10)22)13(11)25-18(17,19)20/h4-5,15,23H,6-9H2,1-3H3. The number of hydrogen-bond acceptors (Lipinski definition) is 5. The number of ether oxygens (including phenoxy) is 2. The van der Waals surface area contributed by atoms with Gasteiger partial charge in [0.05, 0.1) is 11.1 Å². The van der Waals surface area contributed by atoms with Crippen LogP contribution >= 0.6 is 0 Å². The number of halogens is 2. The summed E-state index contributed by atoms with van der Waals surface area (Å²) < 4.78 is 39.7. The van der Waals surface area contributed by atoms with E-state index in [1.807, 2.05) is 0 Å². The molecule has 0 saturated carbocycles. The molecular weight excluding hydrogens is 332 g/mol. The second-order valence-corrected chi connectivity index (χ2v) is 8.02. The van der Waals surface area contributed by atoms with Crippen LogP contribution < -0.4 is 4.74 Å². The highest BCUT2D eigenvalue weighted by atomic mass is 19.3. The van der Waals surface area contributed by atoms with Crippen molar-refractivity contribution in [1.29, 1.82) is 0 Å². The van der Waals surface area contributed by atoms with Crippen LogP contribution in [-0.2, 0) is 10.2 Å². The minimum Gasteiger partial charge on any atom is -0.431 e. The van der Waals surface area contributed by atoms with E-state index in [1.165, 1.54) is 12.1 Å². The lowest BCUT2D eigenvalue weighted by atomic mass is 9.71. The van der Waals surface area contributed by atoms with Crippen molar-refractivity contribution in [2.45, 2.75) is 57.0 Å². The average Bonchev–Trinajstić information content (AvgIpc) is 2.91. The number of benzene rings is 1. The normalized spacial score (nSPS) is 27.0. The molecule has 5 nitrogen and oxygen atoms in total. The smallest absolute Gasteiger partial charge is 0.408 e. The van der Waals surface area contributed by atoms with E-state index >= 15 is 0 Å². The van der Waals surface area contributed by atoms with Gasteiger partial charge in [-0.25, -0.2) is 4.79 Å². The maximum atomic E-state index is 14.9. The Kier molecular flexibility index (Phi) is 3.29. The van der Waals surface area contributed by atoms with E-state index in [-0.39, 0.29) is 35.3 Å². The topological polar surface area (TPSA) is 59.0 Å². The fourth-order valence-electron chi connectivity index (χ4n) is 4.24. The fourth-order valence-corrected chi connectivity index (χ4v) is 4.24. The zero-order valence-electron chi connectivity index (χ0n) is 14.4. The molecule has 1 fully saturated rings. The lowest BCUT2D eigenvalue weighted by molar-refractivity contribution is -0.223. The molecule has 3 aliphatic rings. The number of fused-ring (bicyclic) bond motifs is 4. The average molecular weight is 353 g/mol. The van der Waals surface area contributed by atoms with Gasteiger partial charge in [-0.1, -0.05) is 6.07 Å². The summed E-state index contributed by atoms with van der Waals surface area (Å²) >= 11 is 0. The first-order chi connectivity index (χ1) is 11.6. The van der Waals surface area contributed by atoms with Crippen molar-refractivity contribution in [3.05, 3.63) is 28.8 Å². The first-order valence-electron chi connectivity index (χ1n) is 8.45. The lowest BCUT2D eigenvalue weighted by Crippen LogP contribution is -2.55. The van der Waals surface area contributed by atoms with Crippen LogP contribution in [0.25, 0.3) is 0 Å². The van der Waals surface area contributed by atoms with E-state index in [4.69, 9.17) is 9.47 Å². The number of alkyl halides is 2. The summed E-state index contributed by atoms with van der Waals surface area (Å²) in [5.41, 5.74) is -1.05. The summed E-state index contributed by atoms with van der Waals surface area (Å²) in [6, 6.07) is 2.98. The van der Waals surface area contributed by atoms with Crippen LogP contribution in [0.3, 0.4) is 0 Å². The van der Waals surface area contributed by atoms with E-state index in [2.05, 4.69) is 25.7 Å². The quantitative estimate of drug-likeness (QED) is 0.727. The Balaban J connectivity index is 1.78. The number of carbonyl (C=O) groups is 1. The Morgan fingerprint density at radius 2 is 1.88 bits per heavy atom. The second kappa shape index (κ2) is 4.92. The number of nitrogens with zero attached hydrogens (tertiary/aromatic N) is 1. The van der Waals surface area contributed by atoms with Gasteiger partial charge in [-0.15, -0.1) is 0 Å². The number of piperidine rings is 1. The molecule has 136 valence electrons. The molecular formula is C18H21F2NO4. The Bertz CT molecular complexity index is 748. The zero-order valence-corrected chi connectivity index (χ0v) is 14.4. The van der Waals surface area contributed by atoms with Crippen LogP contribution in [0, 0.1) is 0 Å². The molecule has 4 rings (SSSR count). The summed E-state index contributed by atoms with van der Waals surface area (Å²) in [5.74, 6) is -0.814. The SMILES string of the molecule is CC(C)(C)N1CCC2(CC1)c1ccc3c(c1OC2(F)F)C(O)OC3=O. The Hall–Kier alpha value is -1.73. The van der Waals surface area contributed by atoms with Crippen molar-refractivity contribution >= 4 is 5.97 Å². The summed E-state index contributed by atoms with van der Waals surface area (Å²) in [6.45, 7) is 7.24. The van der Waals surface area contributed by atoms with Gasteiger partial charge in [-0.05, 0) is 52.8 Å². The van der Waals surface area contributed by atoms with Crippen molar-refractivity contribution in [3.8, 4) is 5.75 Å². The maximum absolute atomic E-state index is 14.9. The lowest BCUT2D eigenvalue weighted by Gasteiger charge is -2.46. The first-order valence-corrected chi connectivity index (χ1v) is 8.45. The number of aliphatic hydroxyl groups is 1. The van der Waals surface area contributed by atoms with E-state index < -0.39 is 23.8 Å². The molecule has 0 radical (unpaired) electrons. The Morgan fingerprint density at radius 3 is 2.48 bits per heavy atom. The van der Waals surface area contributed by atoms with Gasteiger partial charge in [0.15, 0.2) is 0 Å². The highest BCUT2D eigenvalue weighted by Crippen LogP contribution is 2.59. The summed E-state index contributed by atoms with van der Waals surface area (Å²) in [5, 5.41) is 9.95. The Morgan fingerprint density at radius 1 is 1.24 bits per heavy atom. The summed E-state index contributed by atoms with van der Waals surface area (Å²) in [4.78, 5) is 13.9. The molecule has 7 heteroatoms. The van der Waals surface area contributed by atoms with Crippen LogP contribution in [0.5, 0.6) is 5.75 Å². The van der Waals surface area contributed by atoms with Crippen molar-refractivity contribution in [3.63, 3.8) is 0 Å². The van der Waals surface area contributed by atoms with Crippen molar-refractivity contribution in [2.24, 2.45) is 0 Å². The Labute approximate surface area is 144 Å². The number of esters is 1. The number of aliphatic hydroxyl groups excluding tert-OH is 1. The molecule has 3 aliphatic heterocycles. The van der Waals surface area contributed by atoms with Crippen LogP contribution in [0.4, 0.5) is 8.78 Å². The van der Waals surface area contributed by atoms with Gasteiger partial charge in [0.2, 0.25) is 6.29 Å². The monoisotopic (exact) mass is 353 g/mol. The van der Waals surface area contributed by atoms with Gasteiger partial charge in [0, 0.05) is 11.1 Å². The molecule has 1 atom stereocenters. The second-order valence-electron chi connectivity index (χ2n) is 8.02. The van der Waals surface area contributed by atoms with Crippen molar-refractivity contribution in [1.82, 2.24) is 4.90 Å². The van der Waals surface area contributed by atoms with Gasteiger partial charge >= 0.3 is 12.1 Å². The third-order valence-corrected chi connectivity index (χ3v) is 5.75. The maximum Gasteiger partial charge on any atom is 0.408 e. The summed E-state index contributed by atoms with van der Waals surface area (Å²) in [6.07, 6.45) is -4.46. The van der Waals surface area contributed by atoms with Crippen LogP contribution in [-0.4, -0.2) is 40.7 Å². The van der Waals surface area contributed by atoms with E-state index in [0.29, 0.717) is 18.7 Å². The third-order valence-electron chi connectivity index (χ3n) is 5.75. The minimum atomic E-state index is -3.39. The number of cyclic esters (lactones) is 1. The van der Waals surface area contributed by atoms with Crippen LogP contribution in [0.2, 0.25) is 0 Å². The largest absolute Gasteiger partial charge is 0.431 e. The molecule has 25 heavy (non-hydrogen) atoms. The molecule has 1 N–H and O–H groups in total. The third kappa shape index (κ3) is 2.15. The fraction of sp³-hybridized carbons (Fsp3) is 0.611. The zero-order chi connectivity index (χ0) is 18.2. The number of carbonyl (C=O) groups excluding carboxylic acids is 1. The van der Waals surface area contributed by atoms with Crippen LogP contribution in [0.15, 0.2) is 12.1 Å². The van der Waals surface area contributed by atoms with Gasteiger partial charge in [-0.2, -0.15) is 8.78 Å². The molecule has 0 bridgehead atoms. The molecule has 0 amide bonds.